The molecule has 2 aromatic rings. The summed E-state index contributed by atoms with van der Waals surface area (Å²) in [4.78, 5) is 24.8. The number of nitrogens with two attached hydrogens (primary N) is 1. The third kappa shape index (κ3) is 3.32. The van der Waals surface area contributed by atoms with Gasteiger partial charge in [0, 0.05) is 16.8 Å². The van der Waals surface area contributed by atoms with E-state index >= 15 is 0 Å². The van der Waals surface area contributed by atoms with Crippen LogP contribution in [0.4, 0.5) is 5.69 Å². The van der Waals surface area contributed by atoms with Crippen molar-refractivity contribution in [2.24, 2.45) is 5.73 Å². The van der Waals surface area contributed by atoms with E-state index < -0.39 is 5.54 Å². The average Bonchev–Trinajstić information content (AvgIpc) is 3.03. The Morgan fingerprint density at radius 3 is 2.26 bits per heavy atom. The molecule has 0 aromatic heterocycles. The number of ketones is 1. The van der Waals surface area contributed by atoms with Crippen LogP contribution < -0.4 is 11.1 Å². The van der Waals surface area contributed by atoms with Crippen LogP contribution in [0.5, 0.6) is 0 Å². The lowest BCUT2D eigenvalue weighted by Crippen LogP contribution is -2.48. The molecule has 3 N–H and O–H groups in total. The monoisotopic (exact) mass is 308 g/mol. The van der Waals surface area contributed by atoms with Gasteiger partial charge < -0.3 is 11.1 Å². The molecule has 0 spiro atoms. The van der Waals surface area contributed by atoms with E-state index in [0.29, 0.717) is 29.7 Å². The molecule has 0 radical (unpaired) electrons. The summed E-state index contributed by atoms with van der Waals surface area (Å²) in [6, 6.07) is 16.1. The van der Waals surface area contributed by atoms with Crippen LogP contribution in [0.1, 0.15) is 41.6 Å². The first kappa shape index (κ1) is 15.4. The molecule has 0 saturated heterocycles. The molecular weight excluding hydrogens is 288 g/mol. The van der Waals surface area contributed by atoms with Gasteiger partial charge in [0.25, 0.3) is 0 Å². The molecule has 4 nitrogen and oxygen atoms in total. The average molecular weight is 308 g/mol. The zero-order chi connectivity index (χ0) is 16.3. The predicted octanol–water partition coefficient (Wildman–Crippen LogP) is 3.13. The van der Waals surface area contributed by atoms with Gasteiger partial charge in [-0.1, -0.05) is 55.3 Å². The van der Waals surface area contributed by atoms with Crippen molar-refractivity contribution in [2.75, 3.05) is 5.32 Å². The maximum atomic E-state index is 12.5. The lowest BCUT2D eigenvalue weighted by molar-refractivity contribution is -0.121. The van der Waals surface area contributed by atoms with E-state index in [9.17, 15) is 9.59 Å². The molecule has 0 heterocycles. The highest BCUT2D eigenvalue weighted by Gasteiger charge is 2.36. The molecule has 1 aliphatic rings. The molecule has 1 aliphatic carbocycles. The molecule has 1 amide bonds. The van der Waals surface area contributed by atoms with Crippen molar-refractivity contribution in [3.63, 3.8) is 0 Å². The first-order valence-electron chi connectivity index (χ1n) is 7.89. The topological polar surface area (TPSA) is 72.2 Å². The largest absolute Gasteiger partial charge is 0.324 e. The van der Waals surface area contributed by atoms with Crippen molar-refractivity contribution < 1.29 is 9.59 Å². The highest BCUT2D eigenvalue weighted by Crippen LogP contribution is 2.28. The Kier molecular flexibility index (Phi) is 4.26. The molecular formula is C19H20N2O2. The van der Waals surface area contributed by atoms with Crippen molar-refractivity contribution in [3.05, 3.63) is 65.7 Å². The molecule has 2 aromatic carbocycles. The van der Waals surface area contributed by atoms with Gasteiger partial charge in [0.2, 0.25) is 5.91 Å². The quantitative estimate of drug-likeness (QED) is 0.852. The molecule has 1 saturated carbocycles. The summed E-state index contributed by atoms with van der Waals surface area (Å²) in [6.07, 6.45) is 3.38. The van der Waals surface area contributed by atoms with Crippen LogP contribution in [-0.4, -0.2) is 17.2 Å². The second kappa shape index (κ2) is 6.34. The molecule has 3 rings (SSSR count). The Hall–Kier alpha value is -2.46. The lowest BCUT2D eigenvalue weighted by Gasteiger charge is -2.22. The zero-order valence-electron chi connectivity index (χ0n) is 12.9. The number of hydrogen-bond donors (Lipinski definition) is 2. The Balaban J connectivity index is 1.78. The van der Waals surface area contributed by atoms with Crippen molar-refractivity contribution in [1.82, 2.24) is 0 Å². The summed E-state index contributed by atoms with van der Waals surface area (Å²) in [5.74, 6) is -0.232. The van der Waals surface area contributed by atoms with E-state index in [1.165, 1.54) is 0 Å². The molecule has 118 valence electrons. The maximum absolute atomic E-state index is 12.5. The van der Waals surface area contributed by atoms with E-state index in [1.807, 2.05) is 18.2 Å². The molecule has 4 heteroatoms. The van der Waals surface area contributed by atoms with Crippen LogP contribution in [0.2, 0.25) is 0 Å². The van der Waals surface area contributed by atoms with Gasteiger partial charge in [0.15, 0.2) is 5.78 Å². The third-order valence-electron chi connectivity index (χ3n) is 4.37. The normalized spacial score (nSPS) is 16.0. The number of amides is 1. The van der Waals surface area contributed by atoms with E-state index in [2.05, 4.69) is 5.32 Å². The first-order valence-corrected chi connectivity index (χ1v) is 7.89. The fourth-order valence-corrected chi connectivity index (χ4v) is 2.98. The number of anilines is 1. The van der Waals surface area contributed by atoms with Crippen molar-refractivity contribution in [3.8, 4) is 0 Å². The molecule has 23 heavy (non-hydrogen) atoms. The highest BCUT2D eigenvalue weighted by atomic mass is 16.2. The number of rotatable bonds is 4. The number of hydrogen-bond acceptors (Lipinski definition) is 3. The Morgan fingerprint density at radius 2 is 1.57 bits per heavy atom. The van der Waals surface area contributed by atoms with Crippen molar-refractivity contribution >= 4 is 17.4 Å². The minimum Gasteiger partial charge on any atom is -0.324 e. The van der Waals surface area contributed by atoms with Gasteiger partial charge in [0.05, 0.1) is 5.54 Å². The second-order valence-electron chi connectivity index (χ2n) is 6.09. The van der Waals surface area contributed by atoms with Gasteiger partial charge >= 0.3 is 0 Å². The van der Waals surface area contributed by atoms with E-state index in [-0.39, 0.29) is 11.7 Å². The summed E-state index contributed by atoms with van der Waals surface area (Å²) >= 11 is 0. The van der Waals surface area contributed by atoms with Crippen LogP contribution in [0.15, 0.2) is 54.6 Å². The second-order valence-corrected chi connectivity index (χ2v) is 6.09. The molecule has 0 aliphatic heterocycles. The van der Waals surface area contributed by atoms with Crippen LogP contribution >= 0.6 is 0 Å². The van der Waals surface area contributed by atoms with E-state index in [1.54, 1.807) is 36.4 Å². The molecule has 0 bridgehead atoms. The summed E-state index contributed by atoms with van der Waals surface area (Å²) < 4.78 is 0. The van der Waals surface area contributed by atoms with E-state index in [4.69, 9.17) is 5.73 Å². The number of carbonyl (C=O) groups excluding carboxylic acids is 2. The number of carbonyl (C=O) groups is 2. The number of benzene rings is 2. The minimum absolute atomic E-state index is 0.0648. The van der Waals surface area contributed by atoms with Crippen molar-refractivity contribution in [1.29, 1.82) is 0 Å². The summed E-state index contributed by atoms with van der Waals surface area (Å²) in [5.41, 5.74) is 7.16. The van der Waals surface area contributed by atoms with Crippen LogP contribution in [0.25, 0.3) is 0 Å². The van der Waals surface area contributed by atoms with Crippen LogP contribution in [-0.2, 0) is 4.79 Å². The Morgan fingerprint density at radius 1 is 0.913 bits per heavy atom. The third-order valence-corrected chi connectivity index (χ3v) is 4.37. The van der Waals surface area contributed by atoms with Gasteiger partial charge in [-0.05, 0) is 25.0 Å². The maximum Gasteiger partial charge on any atom is 0.244 e. The predicted molar refractivity (Wildman–Crippen MR) is 90.3 cm³/mol. The van der Waals surface area contributed by atoms with Gasteiger partial charge in [-0.2, -0.15) is 0 Å². The zero-order valence-corrected chi connectivity index (χ0v) is 12.9. The number of nitrogens with one attached hydrogen (secondary N) is 1. The Labute approximate surface area is 135 Å². The lowest BCUT2D eigenvalue weighted by atomic mass is 9.97. The smallest absolute Gasteiger partial charge is 0.244 e. The molecule has 1 fully saturated rings. The van der Waals surface area contributed by atoms with Crippen LogP contribution in [0.3, 0.4) is 0 Å². The first-order chi connectivity index (χ1) is 11.1. The van der Waals surface area contributed by atoms with Crippen molar-refractivity contribution in [2.45, 2.75) is 31.2 Å². The summed E-state index contributed by atoms with van der Waals surface area (Å²) in [5, 5.41) is 2.85. The fraction of sp³-hybridized carbons (Fsp3) is 0.263. The SMILES string of the molecule is NC1(C(=O)Nc2cccc(C(=O)c3ccccc3)c2)CCCC1. The van der Waals surface area contributed by atoms with E-state index in [0.717, 1.165) is 12.8 Å². The van der Waals surface area contributed by atoms with Crippen LogP contribution in [0, 0.1) is 0 Å². The Bertz CT molecular complexity index is 719. The fourth-order valence-electron chi connectivity index (χ4n) is 2.98. The minimum atomic E-state index is -0.778. The van der Waals surface area contributed by atoms with Gasteiger partial charge in [0.1, 0.15) is 0 Å². The molecule has 0 unspecified atom stereocenters. The summed E-state index contributed by atoms with van der Waals surface area (Å²) in [6.45, 7) is 0. The summed E-state index contributed by atoms with van der Waals surface area (Å²) in [7, 11) is 0. The highest BCUT2D eigenvalue weighted by molar-refractivity contribution is 6.10. The standard InChI is InChI=1S/C19H20N2O2/c20-19(11-4-5-12-19)18(23)21-16-10-6-9-15(13-16)17(22)14-7-2-1-3-8-14/h1-3,6-10,13H,4-5,11-12,20H2,(H,21,23). The van der Waals surface area contributed by atoms with Gasteiger partial charge in [-0.3, -0.25) is 9.59 Å². The van der Waals surface area contributed by atoms with Gasteiger partial charge in [-0.25, -0.2) is 0 Å². The molecule has 0 atom stereocenters. The van der Waals surface area contributed by atoms with Gasteiger partial charge in [-0.15, -0.1) is 0 Å².